The van der Waals surface area contributed by atoms with Gasteiger partial charge in [0.05, 0.1) is 0 Å². The van der Waals surface area contributed by atoms with Crippen molar-refractivity contribution in [2.45, 2.75) is 78.5 Å². The van der Waals surface area contributed by atoms with E-state index < -0.39 is 35.6 Å². The predicted octanol–water partition coefficient (Wildman–Crippen LogP) is 5.96. The van der Waals surface area contributed by atoms with Gasteiger partial charge in [0.2, 0.25) is 5.91 Å². The Morgan fingerprint density at radius 3 is 2.26 bits per heavy atom. The van der Waals surface area contributed by atoms with E-state index in [0.717, 1.165) is 17.5 Å². The average molecular weight is 558 g/mol. The van der Waals surface area contributed by atoms with Gasteiger partial charge in [-0.1, -0.05) is 49.7 Å². The van der Waals surface area contributed by atoms with Crippen LogP contribution in [0.25, 0.3) is 0 Å². The summed E-state index contributed by atoms with van der Waals surface area (Å²) < 4.78 is 5.43. The number of aryl methyl sites for hydroxylation is 2. The van der Waals surface area contributed by atoms with Crippen LogP contribution >= 0.6 is 11.8 Å². The van der Waals surface area contributed by atoms with Crippen LogP contribution in [0.3, 0.4) is 0 Å². The van der Waals surface area contributed by atoms with E-state index in [1.54, 1.807) is 50.7 Å². The van der Waals surface area contributed by atoms with Gasteiger partial charge >= 0.3 is 6.09 Å². The number of rotatable bonds is 12. The van der Waals surface area contributed by atoms with Crippen molar-refractivity contribution in [2.75, 3.05) is 23.9 Å². The van der Waals surface area contributed by atoms with E-state index in [1.165, 1.54) is 11.0 Å². The Labute approximate surface area is 236 Å². The molecular formula is C30H43N3O5S. The summed E-state index contributed by atoms with van der Waals surface area (Å²) in [6.45, 7) is 11.3. The van der Waals surface area contributed by atoms with Gasteiger partial charge < -0.3 is 25.4 Å². The zero-order valence-corrected chi connectivity index (χ0v) is 25.0. The fourth-order valence-corrected chi connectivity index (χ4v) is 4.68. The molecule has 0 bridgehead atoms. The molecular weight excluding hydrogens is 514 g/mol. The van der Waals surface area contributed by atoms with Gasteiger partial charge in [0.15, 0.2) is 0 Å². The van der Waals surface area contributed by atoms with Crippen LogP contribution in [0.5, 0.6) is 5.75 Å². The number of alkyl carbamates (subject to hydrolysis) is 1. The van der Waals surface area contributed by atoms with E-state index in [1.807, 2.05) is 45.2 Å². The van der Waals surface area contributed by atoms with E-state index >= 15 is 0 Å². The Kier molecular flexibility index (Phi) is 12.2. The molecule has 0 aliphatic heterocycles. The van der Waals surface area contributed by atoms with Crippen molar-refractivity contribution in [3.63, 3.8) is 0 Å². The summed E-state index contributed by atoms with van der Waals surface area (Å²) in [4.78, 5) is 42.3. The number of ether oxygens (including phenoxy) is 1. The molecule has 0 saturated carbocycles. The van der Waals surface area contributed by atoms with Crippen molar-refractivity contribution in [3.8, 4) is 5.75 Å². The Hall–Kier alpha value is -3.20. The minimum atomic E-state index is -1.12. The van der Waals surface area contributed by atoms with Crippen LogP contribution in [0.15, 0.2) is 42.5 Å². The smallest absolute Gasteiger partial charge is 0.408 e. The Bertz CT molecular complexity index is 1110. The summed E-state index contributed by atoms with van der Waals surface area (Å²) >= 11 is 1.55. The maximum absolute atomic E-state index is 14.2. The first-order chi connectivity index (χ1) is 18.4. The average Bonchev–Trinajstić information content (AvgIpc) is 2.85. The molecule has 0 aromatic heterocycles. The minimum Gasteiger partial charge on any atom is -0.508 e. The molecule has 2 rings (SSSR count). The fraction of sp³-hybridized carbons (Fsp3) is 0.500. The first-order valence-electron chi connectivity index (χ1n) is 13.3. The molecule has 0 aliphatic rings. The lowest BCUT2D eigenvalue weighted by Crippen LogP contribution is -2.52. The number of nitrogens with one attached hydrogen (secondary N) is 2. The third-order valence-electron chi connectivity index (χ3n) is 6.16. The lowest BCUT2D eigenvalue weighted by atomic mass is 10.00. The summed E-state index contributed by atoms with van der Waals surface area (Å²) in [5, 5.41) is 16.5. The third-order valence-corrected chi connectivity index (χ3v) is 6.80. The number of amides is 3. The van der Waals surface area contributed by atoms with Crippen LogP contribution in [0.4, 0.5) is 10.5 Å². The van der Waals surface area contributed by atoms with Gasteiger partial charge in [-0.3, -0.25) is 9.59 Å². The first-order valence-corrected chi connectivity index (χ1v) is 14.7. The number of hydrogen-bond donors (Lipinski definition) is 3. The molecule has 214 valence electrons. The van der Waals surface area contributed by atoms with E-state index in [4.69, 9.17) is 4.74 Å². The van der Waals surface area contributed by atoms with Crippen molar-refractivity contribution in [1.82, 2.24) is 10.2 Å². The molecule has 39 heavy (non-hydrogen) atoms. The van der Waals surface area contributed by atoms with Crippen LogP contribution in [0.1, 0.15) is 69.7 Å². The monoisotopic (exact) mass is 557 g/mol. The second kappa shape index (κ2) is 14.8. The molecule has 0 fully saturated rings. The number of hydrogen-bond acceptors (Lipinski definition) is 6. The number of para-hydroxylation sites is 2. The van der Waals surface area contributed by atoms with Crippen molar-refractivity contribution < 1.29 is 24.2 Å². The van der Waals surface area contributed by atoms with E-state index in [2.05, 4.69) is 10.6 Å². The van der Waals surface area contributed by atoms with Gasteiger partial charge in [-0.25, -0.2) is 4.79 Å². The third kappa shape index (κ3) is 9.49. The number of unbranched alkanes of at least 4 members (excludes halogenated alkanes) is 1. The molecule has 2 aromatic rings. The fourth-order valence-electron chi connectivity index (χ4n) is 4.21. The number of aromatic hydroxyl groups is 1. The molecule has 3 amide bonds. The quantitative estimate of drug-likeness (QED) is 0.297. The lowest BCUT2D eigenvalue weighted by molar-refractivity contribution is -0.141. The number of carbonyl (C=O) groups excluding carboxylic acids is 3. The largest absolute Gasteiger partial charge is 0.508 e. The molecule has 2 aromatic carbocycles. The Morgan fingerprint density at radius 1 is 1.05 bits per heavy atom. The standard InChI is InChI=1S/C30H43N3O5S/c1-8-9-18-33(28(36)23(17-19-39-7)31-29(37)38-30(4,5)6)26(22-15-10-11-16-24(22)34)27(35)32-25-20(2)13-12-14-21(25)3/h10-16,23,26,34H,8-9,17-19H2,1-7H3,(H,31,37)(H,32,35). The maximum atomic E-state index is 14.2. The summed E-state index contributed by atoms with van der Waals surface area (Å²) in [5.41, 5.74) is 2.01. The van der Waals surface area contributed by atoms with Gasteiger partial charge in [-0.2, -0.15) is 11.8 Å². The number of nitrogens with zero attached hydrogens (tertiary/aromatic N) is 1. The summed E-state index contributed by atoms with van der Waals surface area (Å²) in [5.74, 6) is -0.328. The van der Waals surface area contributed by atoms with Crippen molar-refractivity contribution in [1.29, 1.82) is 0 Å². The summed E-state index contributed by atoms with van der Waals surface area (Å²) in [7, 11) is 0. The van der Waals surface area contributed by atoms with Crippen molar-refractivity contribution in [2.24, 2.45) is 0 Å². The molecule has 0 saturated heterocycles. The molecule has 3 N–H and O–H groups in total. The number of phenols is 1. The van der Waals surface area contributed by atoms with Crippen LogP contribution in [-0.2, 0) is 14.3 Å². The molecule has 0 spiro atoms. The SMILES string of the molecule is CCCCN(C(=O)C(CCSC)NC(=O)OC(C)(C)C)C(C(=O)Nc1c(C)cccc1C)c1ccccc1O. The number of carbonyl (C=O) groups is 3. The van der Waals surface area contributed by atoms with Gasteiger partial charge in [-0.15, -0.1) is 0 Å². The molecule has 0 aliphatic carbocycles. The topological polar surface area (TPSA) is 108 Å². The number of thioether (sulfide) groups is 1. The highest BCUT2D eigenvalue weighted by Crippen LogP contribution is 2.32. The minimum absolute atomic E-state index is 0.0887. The summed E-state index contributed by atoms with van der Waals surface area (Å²) in [6, 6.07) is 10.2. The van der Waals surface area contributed by atoms with Crippen LogP contribution in [0, 0.1) is 13.8 Å². The van der Waals surface area contributed by atoms with E-state index in [0.29, 0.717) is 29.8 Å². The van der Waals surface area contributed by atoms with E-state index in [9.17, 15) is 19.5 Å². The van der Waals surface area contributed by atoms with Gasteiger partial charge in [0.1, 0.15) is 23.4 Å². The second-order valence-electron chi connectivity index (χ2n) is 10.6. The molecule has 2 unspecified atom stereocenters. The lowest BCUT2D eigenvalue weighted by Gasteiger charge is -2.35. The highest BCUT2D eigenvalue weighted by molar-refractivity contribution is 7.98. The highest BCUT2D eigenvalue weighted by Gasteiger charge is 2.37. The Morgan fingerprint density at radius 2 is 1.69 bits per heavy atom. The van der Waals surface area contributed by atoms with Gasteiger partial charge in [-0.05, 0) is 76.7 Å². The van der Waals surface area contributed by atoms with Crippen LogP contribution < -0.4 is 10.6 Å². The molecule has 2 atom stereocenters. The number of anilines is 1. The molecule has 0 radical (unpaired) electrons. The first kappa shape index (κ1) is 32.0. The van der Waals surface area contributed by atoms with Crippen molar-refractivity contribution >= 4 is 35.4 Å². The van der Waals surface area contributed by atoms with E-state index in [-0.39, 0.29) is 12.3 Å². The number of benzene rings is 2. The zero-order valence-electron chi connectivity index (χ0n) is 24.2. The Balaban J connectivity index is 2.56. The van der Waals surface area contributed by atoms with Crippen LogP contribution in [-0.4, -0.2) is 58.1 Å². The highest BCUT2D eigenvalue weighted by atomic mass is 32.2. The summed E-state index contributed by atoms with van der Waals surface area (Å²) in [6.07, 6.45) is 3.00. The van der Waals surface area contributed by atoms with Gasteiger partial charge in [0.25, 0.3) is 5.91 Å². The van der Waals surface area contributed by atoms with Crippen LogP contribution in [0.2, 0.25) is 0 Å². The van der Waals surface area contributed by atoms with Crippen molar-refractivity contribution in [3.05, 3.63) is 59.2 Å². The normalized spacial score (nSPS) is 12.8. The predicted molar refractivity (Wildman–Crippen MR) is 158 cm³/mol. The number of phenolic OH excluding ortho intramolecular Hbond substituents is 1. The molecule has 0 heterocycles. The van der Waals surface area contributed by atoms with Gasteiger partial charge in [0, 0.05) is 17.8 Å². The molecule has 9 heteroatoms. The zero-order chi connectivity index (χ0) is 29.2. The molecule has 8 nitrogen and oxygen atoms in total. The maximum Gasteiger partial charge on any atom is 0.408 e. The second-order valence-corrected chi connectivity index (χ2v) is 11.6.